The summed E-state index contributed by atoms with van der Waals surface area (Å²) in [5, 5.41) is 16.6. The molecule has 0 spiro atoms. The zero-order valence-electron chi connectivity index (χ0n) is 15.9. The number of esters is 1. The van der Waals surface area contributed by atoms with Gasteiger partial charge in [0.05, 0.1) is 18.1 Å². The fourth-order valence-electron chi connectivity index (χ4n) is 4.03. The number of benzene rings is 1. The molecule has 27 heavy (non-hydrogen) atoms. The van der Waals surface area contributed by atoms with Crippen molar-refractivity contribution in [2.45, 2.75) is 58.3 Å². The monoisotopic (exact) mass is 391 g/mol. The van der Waals surface area contributed by atoms with Crippen molar-refractivity contribution in [1.29, 1.82) is 0 Å². The van der Waals surface area contributed by atoms with Crippen LogP contribution in [0.15, 0.2) is 36.9 Å². The first-order valence-electron chi connectivity index (χ1n) is 9.25. The molecule has 3 atom stereocenters. The van der Waals surface area contributed by atoms with E-state index in [0.29, 0.717) is 17.9 Å². The van der Waals surface area contributed by atoms with Crippen molar-refractivity contribution in [2.75, 3.05) is 0 Å². The highest BCUT2D eigenvalue weighted by atomic mass is 35.5. The van der Waals surface area contributed by atoms with E-state index in [0.717, 1.165) is 12.0 Å². The molecular formula is C20H26ClN3O3. The predicted octanol–water partition coefficient (Wildman–Crippen LogP) is 3.27. The van der Waals surface area contributed by atoms with Crippen LogP contribution in [0.2, 0.25) is 5.02 Å². The van der Waals surface area contributed by atoms with Gasteiger partial charge in [-0.2, -0.15) is 5.10 Å². The molecule has 1 aliphatic rings. The van der Waals surface area contributed by atoms with Crippen molar-refractivity contribution < 1.29 is 14.6 Å². The maximum atomic E-state index is 12.9. The van der Waals surface area contributed by atoms with Crippen LogP contribution in [-0.4, -0.2) is 37.5 Å². The second-order valence-electron chi connectivity index (χ2n) is 7.87. The van der Waals surface area contributed by atoms with E-state index in [4.69, 9.17) is 16.3 Å². The smallest absolute Gasteiger partial charge is 0.315 e. The average molecular weight is 392 g/mol. The minimum Gasteiger partial charge on any atom is -0.462 e. The Balaban J connectivity index is 1.92. The summed E-state index contributed by atoms with van der Waals surface area (Å²) in [6, 6.07) is 7.60. The van der Waals surface area contributed by atoms with Crippen LogP contribution in [-0.2, 0) is 22.5 Å². The molecule has 2 aromatic rings. The van der Waals surface area contributed by atoms with E-state index in [-0.39, 0.29) is 24.5 Å². The number of carbonyl (C=O) groups is 1. The first-order valence-corrected chi connectivity index (χ1v) is 9.63. The number of ether oxygens (including phenoxy) is 1. The van der Waals surface area contributed by atoms with Gasteiger partial charge in [0.1, 0.15) is 18.3 Å². The van der Waals surface area contributed by atoms with Crippen molar-refractivity contribution in [1.82, 2.24) is 14.8 Å². The topological polar surface area (TPSA) is 77.2 Å². The van der Waals surface area contributed by atoms with Gasteiger partial charge in [-0.1, -0.05) is 23.7 Å². The fourth-order valence-corrected chi connectivity index (χ4v) is 4.16. The van der Waals surface area contributed by atoms with E-state index in [9.17, 15) is 9.90 Å². The molecule has 146 valence electrons. The molecule has 3 rings (SSSR count). The minimum atomic E-state index is -1.30. The molecule has 0 amide bonds. The van der Waals surface area contributed by atoms with Gasteiger partial charge in [-0.05, 0) is 63.6 Å². The molecule has 3 unspecified atom stereocenters. The Morgan fingerprint density at radius 2 is 2.11 bits per heavy atom. The Morgan fingerprint density at radius 1 is 1.41 bits per heavy atom. The zero-order chi connectivity index (χ0) is 19.7. The lowest BCUT2D eigenvalue weighted by molar-refractivity contribution is -0.179. The maximum Gasteiger partial charge on any atom is 0.315 e. The largest absolute Gasteiger partial charge is 0.462 e. The molecule has 1 aliphatic carbocycles. The number of hydrogen-bond donors (Lipinski definition) is 1. The quantitative estimate of drug-likeness (QED) is 0.764. The highest BCUT2D eigenvalue weighted by Gasteiger charge is 2.61. The van der Waals surface area contributed by atoms with Crippen LogP contribution in [0.1, 0.15) is 39.2 Å². The summed E-state index contributed by atoms with van der Waals surface area (Å²) in [5.41, 5.74) is -1.24. The summed E-state index contributed by atoms with van der Waals surface area (Å²) >= 11 is 5.99. The molecule has 7 heteroatoms. The van der Waals surface area contributed by atoms with Gasteiger partial charge in [0.2, 0.25) is 0 Å². The number of hydrogen-bond acceptors (Lipinski definition) is 5. The Labute approximate surface area is 164 Å². The molecular weight excluding hydrogens is 366 g/mol. The molecule has 1 aromatic heterocycles. The van der Waals surface area contributed by atoms with Crippen LogP contribution in [0.4, 0.5) is 0 Å². The standard InChI is InChI=1S/C20H26ClN3O3/c1-14(2)27-18(25)19(3)9-8-16(10-15-4-6-17(21)7-5-15)20(19,26)11-24-13-22-12-23-24/h4-7,12-14,16,26H,8-11H2,1-3H3. The third-order valence-corrected chi connectivity index (χ3v) is 5.93. The van der Waals surface area contributed by atoms with E-state index >= 15 is 0 Å². The molecule has 0 aliphatic heterocycles. The fraction of sp³-hybridized carbons (Fsp3) is 0.550. The minimum absolute atomic E-state index is 0.118. The lowest BCUT2D eigenvalue weighted by Gasteiger charge is -2.41. The van der Waals surface area contributed by atoms with Crippen LogP contribution in [0.25, 0.3) is 0 Å². The van der Waals surface area contributed by atoms with Crippen LogP contribution in [0, 0.1) is 11.3 Å². The molecule has 1 aromatic carbocycles. The summed E-state index contributed by atoms with van der Waals surface area (Å²) in [4.78, 5) is 16.9. The van der Waals surface area contributed by atoms with Crippen LogP contribution in [0.5, 0.6) is 0 Å². The molecule has 0 bridgehead atoms. The van der Waals surface area contributed by atoms with Crippen LogP contribution < -0.4 is 0 Å². The number of halogens is 1. The van der Waals surface area contributed by atoms with Gasteiger partial charge in [-0.3, -0.25) is 9.48 Å². The number of rotatable bonds is 6. The molecule has 0 radical (unpaired) electrons. The third kappa shape index (κ3) is 3.87. The molecule has 1 N–H and O–H groups in total. The van der Waals surface area contributed by atoms with Crippen molar-refractivity contribution in [2.24, 2.45) is 11.3 Å². The second kappa shape index (κ2) is 7.60. The zero-order valence-corrected chi connectivity index (χ0v) is 16.7. The maximum absolute atomic E-state index is 12.9. The summed E-state index contributed by atoms with van der Waals surface area (Å²) < 4.78 is 7.09. The normalized spacial score (nSPS) is 27.9. The van der Waals surface area contributed by atoms with Gasteiger partial charge in [0.25, 0.3) is 0 Å². The van der Waals surface area contributed by atoms with Crippen molar-refractivity contribution >= 4 is 17.6 Å². The highest BCUT2D eigenvalue weighted by molar-refractivity contribution is 6.30. The Morgan fingerprint density at radius 3 is 2.70 bits per heavy atom. The van der Waals surface area contributed by atoms with Gasteiger partial charge in [0.15, 0.2) is 0 Å². The van der Waals surface area contributed by atoms with Crippen molar-refractivity contribution in [3.63, 3.8) is 0 Å². The second-order valence-corrected chi connectivity index (χ2v) is 8.31. The van der Waals surface area contributed by atoms with Gasteiger partial charge in [-0.15, -0.1) is 0 Å². The van der Waals surface area contributed by atoms with Crippen LogP contribution >= 0.6 is 11.6 Å². The number of carbonyl (C=O) groups excluding carboxylic acids is 1. The molecule has 6 nitrogen and oxygen atoms in total. The third-order valence-electron chi connectivity index (χ3n) is 5.68. The SMILES string of the molecule is CC(C)OC(=O)C1(C)CCC(Cc2ccc(Cl)cc2)C1(O)Cn1cncn1. The number of aromatic nitrogens is 3. The molecule has 1 saturated carbocycles. The van der Waals surface area contributed by atoms with E-state index in [1.807, 2.05) is 38.1 Å². The van der Waals surface area contributed by atoms with Crippen molar-refractivity contribution in [3.8, 4) is 0 Å². The van der Waals surface area contributed by atoms with Gasteiger partial charge in [0, 0.05) is 5.02 Å². The summed E-state index contributed by atoms with van der Waals surface area (Å²) in [7, 11) is 0. The first-order chi connectivity index (χ1) is 12.7. The van der Waals surface area contributed by atoms with E-state index in [1.165, 1.54) is 6.33 Å². The van der Waals surface area contributed by atoms with Gasteiger partial charge in [-0.25, -0.2) is 4.98 Å². The highest BCUT2D eigenvalue weighted by Crippen LogP contribution is 2.52. The molecule has 1 heterocycles. The number of nitrogens with zero attached hydrogens (tertiary/aromatic N) is 3. The first kappa shape index (κ1) is 19.8. The summed E-state index contributed by atoms with van der Waals surface area (Å²) in [5.74, 6) is -0.480. The Hall–Kier alpha value is -1.92. The van der Waals surface area contributed by atoms with E-state index in [1.54, 1.807) is 17.9 Å². The van der Waals surface area contributed by atoms with Gasteiger partial charge < -0.3 is 9.84 Å². The predicted molar refractivity (Wildman–Crippen MR) is 102 cm³/mol. The van der Waals surface area contributed by atoms with Gasteiger partial charge >= 0.3 is 5.97 Å². The Bertz CT molecular complexity index is 778. The Kier molecular flexibility index (Phi) is 5.58. The van der Waals surface area contributed by atoms with Crippen molar-refractivity contribution in [3.05, 3.63) is 47.5 Å². The lowest BCUT2D eigenvalue weighted by atomic mass is 9.71. The van der Waals surface area contributed by atoms with Crippen LogP contribution in [0.3, 0.4) is 0 Å². The average Bonchev–Trinajstić information content (AvgIpc) is 3.19. The van der Waals surface area contributed by atoms with E-state index < -0.39 is 11.0 Å². The summed E-state index contributed by atoms with van der Waals surface area (Å²) in [6.07, 6.45) is 4.67. The van der Waals surface area contributed by atoms with E-state index in [2.05, 4.69) is 10.1 Å². The number of aliphatic hydroxyl groups is 1. The lowest BCUT2D eigenvalue weighted by Crippen LogP contribution is -2.55. The summed E-state index contributed by atoms with van der Waals surface area (Å²) in [6.45, 7) is 5.63. The molecule has 0 saturated heterocycles. The molecule has 1 fully saturated rings.